The zero-order chi connectivity index (χ0) is 25.4. The van der Waals surface area contributed by atoms with Gasteiger partial charge in [-0.3, -0.25) is 9.36 Å². The molecule has 11 heteroatoms. The highest BCUT2D eigenvalue weighted by atomic mass is 19.3. The molecule has 0 aliphatic heterocycles. The molecule has 182 valence electrons. The molecule has 0 saturated carbocycles. The second-order valence-electron chi connectivity index (χ2n) is 8.57. The maximum Gasteiger partial charge on any atom is 0.408 e. The number of nitrogens with one attached hydrogen (secondary N) is 1. The third-order valence-electron chi connectivity index (χ3n) is 4.72. The van der Waals surface area contributed by atoms with Crippen molar-refractivity contribution in [3.63, 3.8) is 0 Å². The maximum atomic E-state index is 14.5. The third-order valence-corrected chi connectivity index (χ3v) is 4.72. The van der Waals surface area contributed by atoms with Crippen LogP contribution in [0.1, 0.15) is 63.5 Å². The highest BCUT2D eigenvalue weighted by Gasteiger charge is 2.25. The smallest absolute Gasteiger partial charge is 0.408 e. The minimum Gasteiger partial charge on any atom is -0.444 e. The molecule has 0 bridgehead atoms. The van der Waals surface area contributed by atoms with Crippen LogP contribution in [0.5, 0.6) is 0 Å². The third kappa shape index (κ3) is 5.35. The van der Waals surface area contributed by atoms with Crippen LogP contribution in [0.4, 0.5) is 26.7 Å². The van der Waals surface area contributed by atoms with Gasteiger partial charge in [-0.15, -0.1) is 0 Å². The molecule has 1 heterocycles. The van der Waals surface area contributed by atoms with Crippen LogP contribution >= 0.6 is 0 Å². The van der Waals surface area contributed by atoms with Gasteiger partial charge in [0.1, 0.15) is 22.6 Å². The lowest BCUT2D eigenvalue weighted by molar-refractivity contribution is 0.0505. The molecule has 1 aromatic heterocycles. The van der Waals surface area contributed by atoms with Crippen molar-refractivity contribution >= 4 is 17.0 Å². The molecule has 1 amide bonds. The Morgan fingerprint density at radius 1 is 1.06 bits per heavy atom. The maximum absolute atomic E-state index is 14.5. The van der Waals surface area contributed by atoms with Crippen molar-refractivity contribution in [3.05, 3.63) is 69.5 Å². The SMILES string of the molecule is CC(NC(=O)OC(C)(C)C)c1nc2cccc(F)c2c(=O)n1-c1cc(C(F)F)cc(C(F)F)c1. The normalized spacial score (nSPS) is 12.9. The quantitative estimate of drug-likeness (QED) is 0.453. The van der Waals surface area contributed by atoms with Crippen molar-refractivity contribution < 1.29 is 31.5 Å². The minimum absolute atomic E-state index is 0.0619. The summed E-state index contributed by atoms with van der Waals surface area (Å²) in [6, 6.07) is 4.94. The number of rotatable bonds is 5. The number of carbonyl (C=O) groups is 1. The number of hydrogen-bond acceptors (Lipinski definition) is 4. The first-order valence-corrected chi connectivity index (χ1v) is 10.2. The number of alkyl halides is 4. The van der Waals surface area contributed by atoms with Crippen molar-refractivity contribution in [2.75, 3.05) is 0 Å². The molecule has 0 radical (unpaired) electrons. The van der Waals surface area contributed by atoms with E-state index in [1.165, 1.54) is 19.1 Å². The number of fused-ring (bicyclic) bond motifs is 1. The summed E-state index contributed by atoms with van der Waals surface area (Å²) in [5.74, 6) is -1.12. The molecule has 3 rings (SSSR count). The number of hydrogen-bond donors (Lipinski definition) is 1. The Balaban J connectivity index is 2.28. The average Bonchev–Trinajstić information content (AvgIpc) is 2.71. The Bertz CT molecular complexity index is 1260. The molecule has 1 atom stereocenters. The molecule has 1 unspecified atom stereocenters. The predicted octanol–water partition coefficient (Wildman–Crippen LogP) is 5.99. The van der Waals surface area contributed by atoms with Gasteiger partial charge in [0.05, 0.1) is 17.2 Å². The van der Waals surface area contributed by atoms with Gasteiger partial charge in [-0.2, -0.15) is 0 Å². The molecule has 0 fully saturated rings. The van der Waals surface area contributed by atoms with Crippen LogP contribution < -0.4 is 10.9 Å². The van der Waals surface area contributed by atoms with E-state index in [1.807, 2.05) is 0 Å². The summed E-state index contributed by atoms with van der Waals surface area (Å²) in [5.41, 5.74) is -3.81. The van der Waals surface area contributed by atoms with Gasteiger partial charge in [-0.1, -0.05) is 6.07 Å². The summed E-state index contributed by atoms with van der Waals surface area (Å²) < 4.78 is 74.2. The standard InChI is InChI=1S/C23H22F5N3O3/c1-11(29-22(33)34-23(2,3)4)20-30-16-7-5-6-15(24)17(16)21(32)31(20)14-9-12(18(25)26)8-13(10-14)19(27)28/h5-11,18-19H,1-4H3,(H,29,33). The van der Waals surface area contributed by atoms with Crippen LogP contribution in [0.25, 0.3) is 16.6 Å². The van der Waals surface area contributed by atoms with Gasteiger partial charge in [0.15, 0.2) is 0 Å². The Morgan fingerprint density at radius 2 is 1.65 bits per heavy atom. The molecule has 1 N–H and O–H groups in total. The number of nitrogens with zero attached hydrogens (tertiary/aromatic N) is 2. The van der Waals surface area contributed by atoms with Crippen LogP contribution in [0, 0.1) is 5.82 Å². The van der Waals surface area contributed by atoms with E-state index in [-0.39, 0.29) is 17.0 Å². The van der Waals surface area contributed by atoms with E-state index in [0.29, 0.717) is 6.07 Å². The summed E-state index contributed by atoms with van der Waals surface area (Å²) in [7, 11) is 0. The van der Waals surface area contributed by atoms with E-state index in [0.717, 1.165) is 22.8 Å². The minimum atomic E-state index is -3.11. The molecule has 0 spiro atoms. The fraction of sp³-hybridized carbons (Fsp3) is 0.348. The van der Waals surface area contributed by atoms with Crippen LogP contribution in [-0.2, 0) is 4.74 Å². The van der Waals surface area contributed by atoms with E-state index in [1.54, 1.807) is 20.8 Å². The summed E-state index contributed by atoms with van der Waals surface area (Å²) in [6.45, 7) is 6.32. The average molecular weight is 483 g/mol. The van der Waals surface area contributed by atoms with Gasteiger partial charge in [0.2, 0.25) is 0 Å². The van der Waals surface area contributed by atoms with Gasteiger partial charge in [0, 0.05) is 11.1 Å². The number of benzene rings is 2. The molecular weight excluding hydrogens is 461 g/mol. The Morgan fingerprint density at radius 3 is 2.18 bits per heavy atom. The monoisotopic (exact) mass is 483 g/mol. The number of aromatic nitrogens is 2. The summed E-state index contributed by atoms with van der Waals surface area (Å²) in [6.07, 6.45) is -7.09. The van der Waals surface area contributed by atoms with Crippen LogP contribution in [0.3, 0.4) is 0 Å². The molecule has 34 heavy (non-hydrogen) atoms. The fourth-order valence-corrected chi connectivity index (χ4v) is 3.34. The van der Waals surface area contributed by atoms with Crippen molar-refractivity contribution in [3.8, 4) is 5.69 Å². The van der Waals surface area contributed by atoms with Crippen LogP contribution in [0.15, 0.2) is 41.2 Å². The molecule has 0 saturated heterocycles. The first-order valence-electron chi connectivity index (χ1n) is 10.2. The molecule has 2 aromatic carbocycles. The first kappa shape index (κ1) is 25.1. The lowest BCUT2D eigenvalue weighted by Gasteiger charge is -2.23. The summed E-state index contributed by atoms with van der Waals surface area (Å²) in [5, 5.41) is 2.01. The number of alkyl carbamates (subject to hydrolysis) is 1. The molecule has 0 aliphatic carbocycles. The number of halogens is 5. The van der Waals surface area contributed by atoms with Gasteiger partial charge in [0.25, 0.3) is 18.4 Å². The number of carbonyl (C=O) groups excluding carboxylic acids is 1. The highest BCUT2D eigenvalue weighted by molar-refractivity contribution is 5.79. The summed E-state index contributed by atoms with van der Waals surface area (Å²) >= 11 is 0. The number of ether oxygens (including phenoxy) is 1. The van der Waals surface area contributed by atoms with Crippen molar-refractivity contribution in [1.82, 2.24) is 14.9 Å². The Kier molecular flexibility index (Phi) is 6.94. The molecule has 6 nitrogen and oxygen atoms in total. The topological polar surface area (TPSA) is 73.2 Å². The van der Waals surface area contributed by atoms with E-state index in [2.05, 4.69) is 10.3 Å². The highest BCUT2D eigenvalue weighted by Crippen LogP contribution is 2.30. The largest absolute Gasteiger partial charge is 0.444 e. The van der Waals surface area contributed by atoms with Crippen LogP contribution in [-0.4, -0.2) is 21.2 Å². The number of amides is 1. The van der Waals surface area contributed by atoms with Gasteiger partial charge in [-0.25, -0.2) is 31.7 Å². The van der Waals surface area contributed by atoms with E-state index >= 15 is 0 Å². The Labute approximate surface area is 191 Å². The molecule has 0 aliphatic rings. The zero-order valence-corrected chi connectivity index (χ0v) is 18.7. The zero-order valence-electron chi connectivity index (χ0n) is 18.7. The van der Waals surface area contributed by atoms with Gasteiger partial charge in [-0.05, 0) is 58.0 Å². The fourth-order valence-electron chi connectivity index (χ4n) is 3.34. The lowest BCUT2D eigenvalue weighted by atomic mass is 10.1. The summed E-state index contributed by atoms with van der Waals surface area (Å²) in [4.78, 5) is 29.8. The second-order valence-corrected chi connectivity index (χ2v) is 8.57. The Hall–Kier alpha value is -3.50. The van der Waals surface area contributed by atoms with Crippen molar-refractivity contribution in [2.24, 2.45) is 0 Å². The van der Waals surface area contributed by atoms with Crippen molar-refractivity contribution in [1.29, 1.82) is 0 Å². The van der Waals surface area contributed by atoms with Gasteiger partial charge < -0.3 is 10.1 Å². The van der Waals surface area contributed by atoms with Crippen LogP contribution in [0.2, 0.25) is 0 Å². The predicted molar refractivity (Wildman–Crippen MR) is 115 cm³/mol. The van der Waals surface area contributed by atoms with E-state index in [9.17, 15) is 31.5 Å². The molecular formula is C23H22F5N3O3. The van der Waals surface area contributed by atoms with E-state index < -0.39 is 58.5 Å². The molecule has 3 aromatic rings. The second kappa shape index (κ2) is 9.40. The lowest BCUT2D eigenvalue weighted by Crippen LogP contribution is -2.37. The van der Waals surface area contributed by atoms with E-state index in [4.69, 9.17) is 4.74 Å². The van der Waals surface area contributed by atoms with Crippen molar-refractivity contribution in [2.45, 2.75) is 52.2 Å². The van der Waals surface area contributed by atoms with Gasteiger partial charge >= 0.3 is 6.09 Å². The first-order chi connectivity index (χ1) is 15.8.